The number of rotatable bonds is 4. The summed E-state index contributed by atoms with van der Waals surface area (Å²) in [6.07, 6.45) is 1.51. The van der Waals surface area contributed by atoms with Crippen molar-refractivity contribution in [1.82, 2.24) is 15.4 Å². The van der Waals surface area contributed by atoms with E-state index in [0.29, 0.717) is 5.69 Å². The van der Waals surface area contributed by atoms with Crippen molar-refractivity contribution < 1.29 is 4.79 Å². The molecule has 2 N–H and O–H groups in total. The lowest BCUT2D eigenvalue weighted by molar-refractivity contribution is 0.0949. The molecule has 3 rings (SSSR count). The molecule has 0 aliphatic rings. The number of aromatic nitrogens is 2. The lowest BCUT2D eigenvalue weighted by Crippen LogP contribution is -2.24. The van der Waals surface area contributed by atoms with Gasteiger partial charge in [-0.25, -0.2) is 10.2 Å². The molecule has 0 aliphatic carbocycles. The second kappa shape index (κ2) is 7.67. The molecule has 124 valence electrons. The second-order valence-electron chi connectivity index (χ2n) is 5.11. The maximum Gasteiger partial charge on any atom is 0.346 e. The normalized spacial score (nSPS) is 10.8. The summed E-state index contributed by atoms with van der Waals surface area (Å²) in [5.41, 5.74) is 3.88. The summed E-state index contributed by atoms with van der Waals surface area (Å²) in [6, 6.07) is 18.1. The van der Waals surface area contributed by atoms with Gasteiger partial charge in [-0.3, -0.25) is 4.79 Å². The Labute approximate surface area is 151 Å². The highest BCUT2D eigenvalue weighted by molar-refractivity contribution is 9.10. The van der Waals surface area contributed by atoms with Crippen LogP contribution in [0, 0.1) is 0 Å². The second-order valence-corrected chi connectivity index (χ2v) is 6.02. The van der Waals surface area contributed by atoms with Crippen molar-refractivity contribution in [3.63, 3.8) is 0 Å². The largest absolute Gasteiger partial charge is 0.346 e. The number of H-pyrrole nitrogens is 1. The van der Waals surface area contributed by atoms with Gasteiger partial charge in [0, 0.05) is 10.0 Å². The van der Waals surface area contributed by atoms with Crippen molar-refractivity contribution in [2.24, 2.45) is 5.10 Å². The monoisotopic (exact) mass is 396 g/mol. The van der Waals surface area contributed by atoms with Crippen LogP contribution in [0.3, 0.4) is 0 Å². The van der Waals surface area contributed by atoms with Crippen LogP contribution in [0.25, 0.3) is 11.3 Å². The Hall–Kier alpha value is -3.06. The molecular formula is C18H13BrN4O2. The number of hydrazone groups is 1. The van der Waals surface area contributed by atoms with Crippen molar-refractivity contribution in [2.45, 2.75) is 0 Å². The highest BCUT2D eigenvalue weighted by Crippen LogP contribution is 2.15. The minimum atomic E-state index is -0.595. The molecule has 2 aromatic carbocycles. The maximum absolute atomic E-state index is 12.2. The van der Waals surface area contributed by atoms with E-state index in [4.69, 9.17) is 0 Å². The molecule has 0 bridgehead atoms. The molecule has 7 heteroatoms. The van der Waals surface area contributed by atoms with Gasteiger partial charge in [0.05, 0.1) is 11.9 Å². The fraction of sp³-hybridized carbons (Fsp3) is 0. The van der Waals surface area contributed by atoms with Gasteiger partial charge in [0.15, 0.2) is 0 Å². The van der Waals surface area contributed by atoms with Crippen molar-refractivity contribution in [3.8, 4) is 11.3 Å². The molecule has 25 heavy (non-hydrogen) atoms. The van der Waals surface area contributed by atoms with Gasteiger partial charge in [-0.2, -0.15) is 10.1 Å². The lowest BCUT2D eigenvalue weighted by atomic mass is 10.1. The summed E-state index contributed by atoms with van der Waals surface area (Å²) in [6.45, 7) is 0. The van der Waals surface area contributed by atoms with Crippen molar-refractivity contribution >= 4 is 28.1 Å². The molecule has 3 aromatic rings. The van der Waals surface area contributed by atoms with Gasteiger partial charge in [0.2, 0.25) is 0 Å². The Morgan fingerprint density at radius 1 is 1.12 bits per heavy atom. The maximum atomic E-state index is 12.2. The molecular weight excluding hydrogens is 384 g/mol. The summed E-state index contributed by atoms with van der Waals surface area (Å²) in [4.78, 5) is 30.2. The SMILES string of the molecule is O=C(N/N=C/c1cccc(Br)c1)c1cc(-c2ccccc2)nc(=O)[nH]1. The van der Waals surface area contributed by atoms with Gasteiger partial charge in [0.1, 0.15) is 5.69 Å². The molecule has 0 unspecified atom stereocenters. The van der Waals surface area contributed by atoms with Crippen molar-refractivity contribution in [1.29, 1.82) is 0 Å². The Bertz CT molecular complexity index is 984. The summed E-state index contributed by atoms with van der Waals surface area (Å²) < 4.78 is 0.911. The minimum absolute atomic E-state index is 0.0882. The third-order valence-corrected chi connectivity index (χ3v) is 3.78. The van der Waals surface area contributed by atoms with Crippen molar-refractivity contribution in [3.05, 3.63) is 86.9 Å². The number of carbonyl (C=O) groups excluding carboxylic acids is 1. The standard InChI is InChI=1S/C18H13BrN4O2/c19-14-8-4-5-12(9-14)11-20-23-17(24)16-10-15(21-18(25)22-16)13-6-2-1-3-7-13/h1-11H,(H,23,24)(H,21,22,25)/b20-11+. The summed E-state index contributed by atoms with van der Waals surface area (Å²) in [5, 5.41) is 3.90. The van der Waals surface area contributed by atoms with Crippen LogP contribution in [0.2, 0.25) is 0 Å². The Kier molecular flexibility index (Phi) is 5.15. The zero-order chi connectivity index (χ0) is 17.6. The predicted octanol–water partition coefficient (Wildman–Crippen LogP) is 2.96. The number of aromatic amines is 1. The van der Waals surface area contributed by atoms with Crippen LogP contribution in [0.1, 0.15) is 16.1 Å². The molecule has 0 saturated heterocycles. The first-order chi connectivity index (χ1) is 12.1. The van der Waals surface area contributed by atoms with Crippen LogP contribution < -0.4 is 11.1 Å². The van der Waals surface area contributed by atoms with Gasteiger partial charge in [0.25, 0.3) is 5.91 Å². The Morgan fingerprint density at radius 3 is 2.68 bits per heavy atom. The quantitative estimate of drug-likeness (QED) is 0.524. The van der Waals surface area contributed by atoms with Crippen molar-refractivity contribution in [2.75, 3.05) is 0 Å². The van der Waals surface area contributed by atoms with E-state index in [1.807, 2.05) is 54.6 Å². The number of hydrogen-bond acceptors (Lipinski definition) is 4. The molecule has 6 nitrogen and oxygen atoms in total. The predicted molar refractivity (Wildman–Crippen MR) is 99.5 cm³/mol. The van der Waals surface area contributed by atoms with Crippen LogP contribution in [-0.4, -0.2) is 22.1 Å². The Morgan fingerprint density at radius 2 is 1.92 bits per heavy atom. The van der Waals surface area contributed by atoms with E-state index in [0.717, 1.165) is 15.6 Å². The highest BCUT2D eigenvalue weighted by atomic mass is 79.9. The van der Waals surface area contributed by atoms with E-state index in [-0.39, 0.29) is 5.69 Å². The molecule has 1 amide bonds. The number of benzene rings is 2. The van der Waals surface area contributed by atoms with E-state index in [9.17, 15) is 9.59 Å². The number of amides is 1. The smallest absolute Gasteiger partial charge is 0.301 e. The van der Waals surface area contributed by atoms with E-state index in [1.54, 1.807) is 0 Å². The van der Waals surface area contributed by atoms with E-state index < -0.39 is 11.6 Å². The molecule has 1 heterocycles. The zero-order valence-corrected chi connectivity index (χ0v) is 14.5. The zero-order valence-electron chi connectivity index (χ0n) is 12.9. The fourth-order valence-electron chi connectivity index (χ4n) is 2.15. The number of hydrogen-bond donors (Lipinski definition) is 2. The van der Waals surface area contributed by atoms with Gasteiger partial charge < -0.3 is 4.98 Å². The minimum Gasteiger partial charge on any atom is -0.301 e. The van der Waals surface area contributed by atoms with E-state index in [2.05, 4.69) is 36.4 Å². The van der Waals surface area contributed by atoms with Gasteiger partial charge in [-0.05, 0) is 23.8 Å². The van der Waals surface area contributed by atoms with Crippen LogP contribution >= 0.6 is 15.9 Å². The lowest BCUT2D eigenvalue weighted by Gasteiger charge is -2.03. The van der Waals surface area contributed by atoms with Gasteiger partial charge >= 0.3 is 5.69 Å². The first-order valence-corrected chi connectivity index (χ1v) is 8.17. The summed E-state index contributed by atoms with van der Waals surface area (Å²) in [7, 11) is 0. The fourth-order valence-corrected chi connectivity index (χ4v) is 2.57. The highest BCUT2D eigenvalue weighted by Gasteiger charge is 2.09. The number of carbonyl (C=O) groups is 1. The molecule has 0 saturated carbocycles. The molecule has 0 fully saturated rings. The molecule has 0 spiro atoms. The van der Waals surface area contributed by atoms with Crippen LogP contribution in [0.4, 0.5) is 0 Å². The molecule has 0 atom stereocenters. The van der Waals surface area contributed by atoms with Gasteiger partial charge in [-0.1, -0.05) is 58.4 Å². The Balaban J connectivity index is 1.78. The topological polar surface area (TPSA) is 87.2 Å². The molecule has 0 aliphatic heterocycles. The first-order valence-electron chi connectivity index (χ1n) is 7.37. The third kappa shape index (κ3) is 4.48. The van der Waals surface area contributed by atoms with Gasteiger partial charge in [-0.15, -0.1) is 0 Å². The average Bonchev–Trinajstić information content (AvgIpc) is 2.62. The van der Waals surface area contributed by atoms with Crippen LogP contribution in [0.5, 0.6) is 0 Å². The number of halogens is 1. The third-order valence-electron chi connectivity index (χ3n) is 3.29. The average molecular weight is 397 g/mol. The number of nitrogens with zero attached hydrogens (tertiary/aromatic N) is 2. The van der Waals surface area contributed by atoms with E-state index >= 15 is 0 Å². The summed E-state index contributed by atoms with van der Waals surface area (Å²) in [5.74, 6) is -0.525. The van der Waals surface area contributed by atoms with E-state index in [1.165, 1.54) is 12.3 Å². The van der Waals surface area contributed by atoms with Crippen LogP contribution in [0.15, 0.2) is 75.0 Å². The first kappa shape index (κ1) is 16.8. The summed E-state index contributed by atoms with van der Waals surface area (Å²) >= 11 is 3.36. The molecule has 0 radical (unpaired) electrons. The van der Waals surface area contributed by atoms with Crippen LogP contribution in [-0.2, 0) is 0 Å². The molecule has 1 aromatic heterocycles. The number of nitrogens with one attached hydrogen (secondary N) is 2.